The number of alkyl halides is 2. The van der Waals surface area contributed by atoms with Crippen molar-refractivity contribution in [1.29, 1.82) is 0 Å². The van der Waals surface area contributed by atoms with Crippen LogP contribution in [-0.2, 0) is 21.2 Å². The Balaban J connectivity index is 1.85. The molecule has 0 bridgehead atoms. The van der Waals surface area contributed by atoms with E-state index in [-0.39, 0.29) is 41.7 Å². The normalized spacial score (nSPS) is 21.9. The van der Waals surface area contributed by atoms with Gasteiger partial charge in [-0.05, 0) is 51.2 Å². The summed E-state index contributed by atoms with van der Waals surface area (Å²) in [6.07, 6.45) is -1.62. The van der Waals surface area contributed by atoms with Crippen LogP contribution < -0.4 is 4.72 Å². The van der Waals surface area contributed by atoms with Crippen molar-refractivity contribution in [2.75, 3.05) is 18.9 Å². The molecule has 2 atom stereocenters. The monoisotopic (exact) mass is 472 g/mol. The number of amides is 1. The van der Waals surface area contributed by atoms with E-state index in [1.54, 1.807) is 18.2 Å². The van der Waals surface area contributed by atoms with E-state index in [1.165, 1.54) is 11.8 Å². The molecule has 10 heteroatoms. The highest BCUT2D eigenvalue weighted by Crippen LogP contribution is 2.44. The number of carbonyl (C=O) groups excluding carboxylic acids is 1. The standard InChI is InChI=1S/C22H27F3N2O4S/c1-3-32(29,30)26-17-8-12-27(21(28)31-14-19(23)24)18(17)13-16-6-4-5-15(20(16)25)7-9-22(2)10-11-22/h4-6,17-19,26H,3,8,10-14H2,1-2H3. The second-order valence-electron chi connectivity index (χ2n) is 8.44. The zero-order valence-corrected chi connectivity index (χ0v) is 18.9. The van der Waals surface area contributed by atoms with Crippen molar-refractivity contribution in [3.63, 3.8) is 0 Å². The summed E-state index contributed by atoms with van der Waals surface area (Å²) < 4.78 is 71.5. The Bertz CT molecular complexity index is 1020. The minimum absolute atomic E-state index is 0.0146. The van der Waals surface area contributed by atoms with Crippen LogP contribution in [0, 0.1) is 23.1 Å². The Morgan fingerprint density at radius 2 is 2.09 bits per heavy atom. The Hall–Kier alpha value is -2.25. The number of rotatable bonds is 7. The molecule has 3 rings (SSSR count). The van der Waals surface area contributed by atoms with Gasteiger partial charge in [-0.3, -0.25) is 0 Å². The minimum Gasteiger partial charge on any atom is -0.443 e. The first-order chi connectivity index (χ1) is 15.0. The fraction of sp³-hybridized carbons (Fsp3) is 0.591. The number of carbonyl (C=O) groups is 1. The highest BCUT2D eigenvalue weighted by molar-refractivity contribution is 7.89. The number of hydrogen-bond donors (Lipinski definition) is 1. The molecule has 1 heterocycles. The van der Waals surface area contributed by atoms with E-state index in [0.29, 0.717) is 0 Å². The molecule has 176 valence electrons. The van der Waals surface area contributed by atoms with Crippen molar-refractivity contribution in [1.82, 2.24) is 9.62 Å². The number of ether oxygens (including phenoxy) is 1. The molecule has 32 heavy (non-hydrogen) atoms. The summed E-state index contributed by atoms with van der Waals surface area (Å²) in [5, 5.41) is 0. The van der Waals surface area contributed by atoms with Gasteiger partial charge >= 0.3 is 6.09 Å². The van der Waals surface area contributed by atoms with Crippen LogP contribution >= 0.6 is 0 Å². The van der Waals surface area contributed by atoms with Gasteiger partial charge in [-0.25, -0.2) is 31.1 Å². The fourth-order valence-corrected chi connectivity index (χ4v) is 4.49. The third-order valence-corrected chi connectivity index (χ3v) is 7.25. The highest BCUT2D eigenvalue weighted by atomic mass is 32.2. The van der Waals surface area contributed by atoms with E-state index in [0.717, 1.165) is 12.8 Å². The summed E-state index contributed by atoms with van der Waals surface area (Å²) in [5.74, 6) is 5.26. The quantitative estimate of drug-likeness (QED) is 0.618. The van der Waals surface area contributed by atoms with Crippen LogP contribution in [0.5, 0.6) is 0 Å². The zero-order chi connectivity index (χ0) is 23.5. The zero-order valence-electron chi connectivity index (χ0n) is 18.0. The van der Waals surface area contributed by atoms with Gasteiger partial charge in [-0.15, -0.1) is 0 Å². The SMILES string of the molecule is CCS(=O)(=O)NC1CCN(C(=O)OCC(F)F)C1Cc1cccc(C#CC2(C)CC2)c1F. The summed E-state index contributed by atoms with van der Waals surface area (Å²) in [5.41, 5.74) is 0.408. The molecule has 6 nitrogen and oxygen atoms in total. The van der Waals surface area contributed by atoms with Crippen molar-refractivity contribution in [3.8, 4) is 11.8 Å². The predicted octanol–water partition coefficient (Wildman–Crippen LogP) is 3.30. The first-order valence-corrected chi connectivity index (χ1v) is 12.2. The molecule has 2 fully saturated rings. The van der Waals surface area contributed by atoms with Gasteiger partial charge in [0.2, 0.25) is 10.0 Å². The van der Waals surface area contributed by atoms with Crippen LogP contribution in [0.15, 0.2) is 18.2 Å². The Labute approximate surface area is 186 Å². The lowest BCUT2D eigenvalue weighted by Crippen LogP contribution is -2.48. The summed E-state index contributed by atoms with van der Waals surface area (Å²) in [6.45, 7) is 2.52. The number of hydrogen-bond acceptors (Lipinski definition) is 4. The molecule has 1 aromatic carbocycles. The lowest BCUT2D eigenvalue weighted by Gasteiger charge is -2.28. The van der Waals surface area contributed by atoms with Crippen LogP contribution in [-0.4, -0.2) is 56.8 Å². The molecule has 1 aromatic rings. The summed E-state index contributed by atoms with van der Waals surface area (Å²) in [7, 11) is -3.60. The molecule has 2 aliphatic rings. The topological polar surface area (TPSA) is 75.7 Å². The van der Waals surface area contributed by atoms with E-state index in [9.17, 15) is 22.0 Å². The summed E-state index contributed by atoms with van der Waals surface area (Å²) in [4.78, 5) is 13.6. The van der Waals surface area contributed by atoms with E-state index < -0.39 is 47.0 Å². The maximum Gasteiger partial charge on any atom is 0.410 e. The van der Waals surface area contributed by atoms with Crippen LogP contribution in [0.4, 0.5) is 18.0 Å². The van der Waals surface area contributed by atoms with Crippen LogP contribution in [0.3, 0.4) is 0 Å². The molecule has 0 spiro atoms. The predicted molar refractivity (Wildman–Crippen MR) is 113 cm³/mol. The van der Waals surface area contributed by atoms with Gasteiger partial charge in [0, 0.05) is 18.0 Å². The van der Waals surface area contributed by atoms with Crippen molar-refractivity contribution >= 4 is 16.1 Å². The second-order valence-corrected chi connectivity index (χ2v) is 10.5. The molecule has 2 unspecified atom stereocenters. The minimum atomic E-state index is -3.60. The van der Waals surface area contributed by atoms with Crippen molar-refractivity contribution in [2.45, 2.75) is 58.0 Å². The third kappa shape index (κ3) is 6.17. The Morgan fingerprint density at radius 3 is 2.72 bits per heavy atom. The van der Waals surface area contributed by atoms with Crippen molar-refractivity contribution in [3.05, 3.63) is 35.1 Å². The smallest absolute Gasteiger partial charge is 0.410 e. The number of benzene rings is 1. The van der Waals surface area contributed by atoms with Gasteiger partial charge < -0.3 is 9.64 Å². The van der Waals surface area contributed by atoms with Crippen molar-refractivity contribution < 1.29 is 31.1 Å². The maximum atomic E-state index is 15.2. The van der Waals surface area contributed by atoms with E-state index in [4.69, 9.17) is 0 Å². The number of nitrogens with zero attached hydrogens (tertiary/aromatic N) is 1. The number of likely N-dealkylation sites (tertiary alicyclic amines) is 1. The number of sulfonamides is 1. The Kier molecular flexibility index (Phi) is 7.40. The maximum absolute atomic E-state index is 15.2. The molecule has 0 radical (unpaired) electrons. The van der Waals surface area contributed by atoms with Gasteiger partial charge in [0.05, 0.1) is 17.4 Å². The summed E-state index contributed by atoms with van der Waals surface area (Å²) in [6, 6.07) is 3.28. The highest BCUT2D eigenvalue weighted by Gasteiger charge is 2.40. The van der Waals surface area contributed by atoms with Gasteiger partial charge in [-0.1, -0.05) is 24.0 Å². The average Bonchev–Trinajstić information content (AvgIpc) is 3.36. The van der Waals surface area contributed by atoms with Crippen molar-refractivity contribution in [2.24, 2.45) is 5.41 Å². The molecular weight excluding hydrogens is 445 g/mol. The number of halogens is 3. The van der Waals surface area contributed by atoms with Gasteiger partial charge in [0.15, 0.2) is 6.61 Å². The molecule has 1 amide bonds. The lowest BCUT2D eigenvalue weighted by atomic mass is 9.98. The largest absolute Gasteiger partial charge is 0.443 e. The van der Waals surface area contributed by atoms with Crippen LogP contribution in [0.25, 0.3) is 0 Å². The molecule has 1 saturated carbocycles. The van der Waals surface area contributed by atoms with Gasteiger partial charge in [0.25, 0.3) is 6.43 Å². The summed E-state index contributed by atoms with van der Waals surface area (Å²) >= 11 is 0. The van der Waals surface area contributed by atoms with Gasteiger partial charge in [-0.2, -0.15) is 0 Å². The molecule has 1 N–H and O–H groups in total. The Morgan fingerprint density at radius 1 is 1.38 bits per heavy atom. The molecule has 1 aliphatic carbocycles. The first-order valence-electron chi connectivity index (χ1n) is 10.6. The second kappa shape index (κ2) is 9.71. The van der Waals surface area contributed by atoms with Gasteiger partial charge in [0.1, 0.15) is 5.82 Å². The van der Waals surface area contributed by atoms with E-state index in [2.05, 4.69) is 21.3 Å². The van der Waals surface area contributed by atoms with Crippen LogP contribution in [0.2, 0.25) is 0 Å². The molecule has 1 saturated heterocycles. The van der Waals surface area contributed by atoms with E-state index >= 15 is 4.39 Å². The first kappa shape index (κ1) is 24.4. The third-order valence-electron chi connectivity index (χ3n) is 5.83. The molecule has 0 aromatic heterocycles. The molecular formula is C22H27F3N2O4S. The lowest BCUT2D eigenvalue weighted by molar-refractivity contribution is 0.0295. The average molecular weight is 473 g/mol. The fourth-order valence-electron chi connectivity index (χ4n) is 3.59. The molecule has 1 aliphatic heterocycles. The number of nitrogens with one attached hydrogen (secondary N) is 1. The van der Waals surface area contributed by atoms with E-state index in [1.807, 2.05) is 6.92 Å². The van der Waals surface area contributed by atoms with Crippen LogP contribution in [0.1, 0.15) is 44.2 Å².